The fourth-order valence-corrected chi connectivity index (χ4v) is 8.49. The summed E-state index contributed by atoms with van der Waals surface area (Å²) in [7, 11) is -3.62. The van der Waals surface area contributed by atoms with Crippen molar-refractivity contribution in [2.45, 2.75) is 56.9 Å². The third kappa shape index (κ3) is 6.22. The number of hydrogen-bond donors (Lipinski definition) is 0. The average Bonchev–Trinajstić information content (AvgIpc) is 3.42. The van der Waals surface area contributed by atoms with Crippen molar-refractivity contribution >= 4 is 54.2 Å². The quantitative estimate of drug-likeness (QED) is 0.317. The van der Waals surface area contributed by atoms with Crippen LogP contribution in [0.5, 0.6) is 0 Å². The summed E-state index contributed by atoms with van der Waals surface area (Å²) in [5.74, 6) is -0.196. The van der Waals surface area contributed by atoms with Crippen molar-refractivity contribution in [3.8, 4) is 0 Å². The van der Waals surface area contributed by atoms with E-state index in [0.717, 1.165) is 80.7 Å². The maximum atomic E-state index is 13.9. The summed E-state index contributed by atoms with van der Waals surface area (Å²) in [6.07, 6.45) is 4.39. The van der Waals surface area contributed by atoms with Gasteiger partial charge in [-0.3, -0.25) is 14.6 Å². The summed E-state index contributed by atoms with van der Waals surface area (Å²) in [6, 6.07) is 10.2. The van der Waals surface area contributed by atoms with Gasteiger partial charge in [0.1, 0.15) is 0 Å². The number of anilines is 1. The largest absolute Gasteiger partial charge is 0.379 e. The highest BCUT2D eigenvalue weighted by Crippen LogP contribution is 2.34. The number of ether oxygens (including phenoxy) is 1. The Hall–Kier alpha value is -2.08. The molecule has 1 unspecified atom stereocenters. The second kappa shape index (κ2) is 12.8. The van der Waals surface area contributed by atoms with Crippen molar-refractivity contribution in [3.05, 3.63) is 52.5 Å². The Balaban J connectivity index is 1.39. The minimum Gasteiger partial charge on any atom is -0.379 e. The Kier molecular flexibility index (Phi) is 9.44. The lowest BCUT2D eigenvalue weighted by Gasteiger charge is -2.34. The third-order valence-corrected chi connectivity index (χ3v) is 11.3. The number of sulfonamides is 1. The second-order valence-electron chi connectivity index (χ2n) is 10.5. The first-order valence-electron chi connectivity index (χ1n) is 14.1. The van der Waals surface area contributed by atoms with Crippen molar-refractivity contribution in [2.24, 2.45) is 0 Å². The molecular formula is C29H37ClN4O4S2. The SMILES string of the molecule is CCC1CCCCN1S(=O)(=O)c1ccc(C(=O)N(CCCN2CCOCC2)c2nc3c(C)c(Cl)ccc3s2)cc1. The third-order valence-electron chi connectivity index (χ3n) is 7.92. The molecule has 8 nitrogen and oxygen atoms in total. The summed E-state index contributed by atoms with van der Waals surface area (Å²) in [5.41, 5.74) is 2.12. The molecule has 0 radical (unpaired) electrons. The highest BCUT2D eigenvalue weighted by molar-refractivity contribution is 7.89. The molecule has 40 heavy (non-hydrogen) atoms. The molecule has 2 aromatic carbocycles. The maximum absolute atomic E-state index is 13.9. The Morgan fingerprint density at radius 1 is 1.12 bits per heavy atom. The van der Waals surface area contributed by atoms with Crippen LogP contribution >= 0.6 is 22.9 Å². The number of nitrogens with zero attached hydrogens (tertiary/aromatic N) is 4. The molecule has 5 rings (SSSR count). The number of carbonyl (C=O) groups excluding carboxylic acids is 1. The molecule has 1 aromatic heterocycles. The van der Waals surface area contributed by atoms with Crippen LogP contribution in [0.3, 0.4) is 0 Å². The molecule has 2 aliphatic heterocycles. The Bertz CT molecular complexity index is 1440. The fraction of sp³-hybridized carbons (Fsp3) is 0.517. The number of carbonyl (C=O) groups is 1. The number of thiazole rings is 1. The lowest BCUT2D eigenvalue weighted by atomic mass is 10.0. The average molecular weight is 605 g/mol. The first-order valence-corrected chi connectivity index (χ1v) is 16.7. The van der Waals surface area contributed by atoms with E-state index in [1.165, 1.54) is 11.3 Å². The summed E-state index contributed by atoms with van der Waals surface area (Å²) in [5, 5.41) is 1.26. The Labute approximate surface area is 245 Å². The maximum Gasteiger partial charge on any atom is 0.260 e. The number of piperidine rings is 1. The Morgan fingerprint density at radius 3 is 2.60 bits per heavy atom. The van der Waals surface area contributed by atoms with Gasteiger partial charge in [0.05, 0.1) is 28.3 Å². The van der Waals surface area contributed by atoms with Gasteiger partial charge in [-0.1, -0.05) is 36.3 Å². The molecule has 1 atom stereocenters. The minimum atomic E-state index is -3.62. The number of benzene rings is 2. The molecule has 2 saturated heterocycles. The van der Waals surface area contributed by atoms with Gasteiger partial charge in [-0.15, -0.1) is 0 Å². The number of aryl methyl sites for hydroxylation is 1. The van der Waals surface area contributed by atoms with Crippen LogP contribution in [0.4, 0.5) is 5.13 Å². The van der Waals surface area contributed by atoms with Crippen LogP contribution in [0.15, 0.2) is 41.3 Å². The predicted octanol–water partition coefficient (Wildman–Crippen LogP) is 5.58. The zero-order valence-electron chi connectivity index (χ0n) is 23.1. The highest BCUT2D eigenvalue weighted by Gasteiger charge is 2.33. The normalized spacial score (nSPS) is 19.2. The lowest BCUT2D eigenvalue weighted by Crippen LogP contribution is -2.43. The molecule has 0 bridgehead atoms. The number of hydrogen-bond acceptors (Lipinski definition) is 7. The van der Waals surface area contributed by atoms with E-state index in [9.17, 15) is 13.2 Å². The molecule has 1 amide bonds. The molecule has 2 fully saturated rings. The smallest absolute Gasteiger partial charge is 0.260 e. The van der Waals surface area contributed by atoms with Gasteiger partial charge in [0.25, 0.3) is 5.91 Å². The second-order valence-corrected chi connectivity index (χ2v) is 13.8. The summed E-state index contributed by atoms with van der Waals surface area (Å²) in [6.45, 7) is 9.09. The van der Waals surface area contributed by atoms with E-state index < -0.39 is 10.0 Å². The van der Waals surface area contributed by atoms with Crippen LogP contribution in [0.2, 0.25) is 5.02 Å². The van der Waals surface area contributed by atoms with Gasteiger partial charge in [-0.25, -0.2) is 13.4 Å². The van der Waals surface area contributed by atoms with Crippen LogP contribution in [0.25, 0.3) is 10.2 Å². The van der Waals surface area contributed by atoms with E-state index in [4.69, 9.17) is 21.3 Å². The van der Waals surface area contributed by atoms with E-state index in [1.807, 2.05) is 26.0 Å². The van der Waals surface area contributed by atoms with Crippen molar-refractivity contribution in [3.63, 3.8) is 0 Å². The number of halogens is 1. The standard InChI is InChI=1S/C29H37ClN4O4S2/c1-3-23-7-4-5-16-34(23)40(36,37)24-10-8-22(9-11-24)28(35)33(15-6-14-32-17-19-38-20-18-32)29-31-27-21(2)25(30)12-13-26(27)39-29/h8-13,23H,3-7,14-20H2,1-2H3. The summed E-state index contributed by atoms with van der Waals surface area (Å²) in [4.78, 5) is 23.0. The molecule has 2 aliphatic rings. The molecule has 0 saturated carbocycles. The molecule has 0 N–H and O–H groups in total. The molecule has 0 spiro atoms. The topological polar surface area (TPSA) is 83.1 Å². The number of amides is 1. The van der Waals surface area contributed by atoms with Gasteiger partial charge in [-0.05, 0) is 74.6 Å². The van der Waals surface area contributed by atoms with E-state index in [-0.39, 0.29) is 16.8 Å². The van der Waals surface area contributed by atoms with Crippen molar-refractivity contribution in [2.75, 3.05) is 50.8 Å². The van der Waals surface area contributed by atoms with Gasteiger partial charge in [0.2, 0.25) is 10.0 Å². The summed E-state index contributed by atoms with van der Waals surface area (Å²) >= 11 is 7.81. The van der Waals surface area contributed by atoms with Crippen molar-refractivity contribution < 1.29 is 17.9 Å². The van der Waals surface area contributed by atoms with Gasteiger partial charge in [-0.2, -0.15) is 4.31 Å². The van der Waals surface area contributed by atoms with Crippen LogP contribution < -0.4 is 4.90 Å². The van der Waals surface area contributed by atoms with Crippen molar-refractivity contribution in [1.82, 2.24) is 14.2 Å². The van der Waals surface area contributed by atoms with Crippen LogP contribution in [-0.2, 0) is 14.8 Å². The lowest BCUT2D eigenvalue weighted by molar-refractivity contribution is 0.0376. The first kappa shape index (κ1) is 29.4. The van der Waals surface area contributed by atoms with Gasteiger partial charge in [0.15, 0.2) is 5.13 Å². The molecule has 216 valence electrons. The first-order chi connectivity index (χ1) is 19.3. The number of rotatable bonds is 9. The predicted molar refractivity (Wildman–Crippen MR) is 161 cm³/mol. The zero-order valence-corrected chi connectivity index (χ0v) is 25.5. The van der Waals surface area contributed by atoms with E-state index in [0.29, 0.717) is 28.8 Å². The van der Waals surface area contributed by atoms with E-state index in [1.54, 1.807) is 33.5 Å². The molecule has 11 heteroatoms. The highest BCUT2D eigenvalue weighted by atomic mass is 35.5. The Morgan fingerprint density at radius 2 is 1.88 bits per heavy atom. The molecule has 0 aliphatic carbocycles. The van der Waals surface area contributed by atoms with Crippen LogP contribution in [-0.4, -0.2) is 80.5 Å². The number of fused-ring (bicyclic) bond motifs is 1. The zero-order chi connectivity index (χ0) is 28.3. The van der Waals surface area contributed by atoms with Gasteiger partial charge in [0, 0.05) is 49.4 Å². The number of aromatic nitrogens is 1. The van der Waals surface area contributed by atoms with Crippen LogP contribution in [0.1, 0.15) is 54.9 Å². The molecule has 3 heterocycles. The van der Waals surface area contributed by atoms with E-state index in [2.05, 4.69) is 4.90 Å². The minimum absolute atomic E-state index is 0.0259. The fourth-order valence-electron chi connectivity index (χ4n) is 5.52. The monoisotopic (exact) mass is 604 g/mol. The summed E-state index contributed by atoms with van der Waals surface area (Å²) < 4.78 is 35.0. The van der Waals surface area contributed by atoms with E-state index >= 15 is 0 Å². The molecular weight excluding hydrogens is 568 g/mol. The number of morpholine rings is 1. The van der Waals surface area contributed by atoms with Gasteiger partial charge >= 0.3 is 0 Å². The van der Waals surface area contributed by atoms with Gasteiger partial charge < -0.3 is 4.74 Å². The van der Waals surface area contributed by atoms with Crippen LogP contribution in [0, 0.1) is 6.92 Å². The molecule has 3 aromatic rings. The van der Waals surface area contributed by atoms with Crippen molar-refractivity contribution in [1.29, 1.82) is 0 Å².